The number of fused-ring (bicyclic) bond motifs is 1. The van der Waals surface area contributed by atoms with E-state index in [9.17, 15) is 4.79 Å². The van der Waals surface area contributed by atoms with Gasteiger partial charge in [0.2, 0.25) is 0 Å². The van der Waals surface area contributed by atoms with E-state index in [4.69, 9.17) is 10.5 Å². The number of methoxy groups -OCH3 is 1. The topological polar surface area (TPSA) is 62.2 Å². The summed E-state index contributed by atoms with van der Waals surface area (Å²) >= 11 is 0. The van der Waals surface area contributed by atoms with Gasteiger partial charge in [-0.2, -0.15) is 0 Å². The van der Waals surface area contributed by atoms with E-state index < -0.39 is 0 Å². The predicted molar refractivity (Wildman–Crippen MR) is 72.7 cm³/mol. The Morgan fingerprint density at radius 2 is 2.11 bits per heavy atom. The van der Waals surface area contributed by atoms with E-state index in [1.54, 1.807) is 23.3 Å². The van der Waals surface area contributed by atoms with E-state index in [1.165, 1.54) is 0 Å². The molecule has 2 rings (SSSR count). The normalized spacial score (nSPS) is 13.1. The molecule has 0 bridgehead atoms. The summed E-state index contributed by atoms with van der Waals surface area (Å²) in [5.41, 5.74) is 8.22. The second-order valence-corrected chi connectivity index (χ2v) is 4.58. The lowest BCUT2D eigenvalue weighted by Crippen LogP contribution is -2.24. The molecule has 1 aromatic carbocycles. The SMILES string of the molecule is CO[C@H](C)CCn1c(=O)n(C)c2ccc(N)cc21. The highest BCUT2D eigenvalue weighted by Gasteiger charge is 2.11. The molecule has 2 N–H and O–H groups in total. The van der Waals surface area contributed by atoms with Crippen LogP contribution in [0.2, 0.25) is 0 Å². The Kier molecular flexibility index (Phi) is 3.43. The van der Waals surface area contributed by atoms with Crippen molar-refractivity contribution >= 4 is 16.7 Å². The number of aryl methyl sites for hydroxylation is 2. The summed E-state index contributed by atoms with van der Waals surface area (Å²) in [6, 6.07) is 5.53. The average molecular weight is 249 g/mol. The smallest absolute Gasteiger partial charge is 0.328 e. The van der Waals surface area contributed by atoms with Gasteiger partial charge in [0.25, 0.3) is 0 Å². The molecule has 0 fully saturated rings. The molecule has 0 radical (unpaired) electrons. The number of nitrogens with zero attached hydrogens (tertiary/aromatic N) is 2. The Balaban J connectivity index is 2.46. The van der Waals surface area contributed by atoms with Gasteiger partial charge in [-0.3, -0.25) is 9.13 Å². The molecule has 0 aliphatic rings. The van der Waals surface area contributed by atoms with Crippen molar-refractivity contribution in [2.45, 2.75) is 26.0 Å². The first-order valence-corrected chi connectivity index (χ1v) is 6.02. The molecule has 0 aliphatic heterocycles. The molecular formula is C13H19N3O2. The molecule has 98 valence electrons. The van der Waals surface area contributed by atoms with E-state index in [0.29, 0.717) is 12.2 Å². The predicted octanol–water partition coefficient (Wildman–Crippen LogP) is 1.35. The number of ether oxygens (including phenoxy) is 1. The van der Waals surface area contributed by atoms with Crippen molar-refractivity contribution < 1.29 is 4.74 Å². The zero-order valence-corrected chi connectivity index (χ0v) is 11.0. The number of hydrogen-bond acceptors (Lipinski definition) is 3. The first-order chi connectivity index (χ1) is 8.54. The quantitative estimate of drug-likeness (QED) is 0.832. The number of rotatable bonds is 4. The van der Waals surface area contributed by atoms with Crippen LogP contribution in [0.5, 0.6) is 0 Å². The van der Waals surface area contributed by atoms with Gasteiger partial charge in [0.15, 0.2) is 0 Å². The number of benzene rings is 1. The molecule has 1 heterocycles. The summed E-state index contributed by atoms with van der Waals surface area (Å²) in [7, 11) is 3.45. The van der Waals surface area contributed by atoms with Crippen LogP contribution in [0.3, 0.4) is 0 Å². The fraction of sp³-hybridized carbons (Fsp3) is 0.462. The van der Waals surface area contributed by atoms with Crippen LogP contribution >= 0.6 is 0 Å². The van der Waals surface area contributed by atoms with Gasteiger partial charge in [0.1, 0.15) is 0 Å². The molecule has 5 heteroatoms. The molecule has 0 aliphatic carbocycles. The van der Waals surface area contributed by atoms with Crippen molar-refractivity contribution in [1.29, 1.82) is 0 Å². The van der Waals surface area contributed by atoms with Crippen LogP contribution in [0.1, 0.15) is 13.3 Å². The molecule has 2 aromatic rings. The lowest BCUT2D eigenvalue weighted by atomic mass is 10.2. The Labute approximate surface area is 106 Å². The van der Waals surface area contributed by atoms with Gasteiger partial charge in [0, 0.05) is 26.4 Å². The van der Waals surface area contributed by atoms with Gasteiger partial charge in [-0.05, 0) is 31.5 Å². The number of imidazole rings is 1. The van der Waals surface area contributed by atoms with Crippen LogP contribution in [0.15, 0.2) is 23.0 Å². The summed E-state index contributed by atoms with van der Waals surface area (Å²) < 4.78 is 8.60. The molecule has 0 saturated heterocycles. The monoisotopic (exact) mass is 249 g/mol. The second-order valence-electron chi connectivity index (χ2n) is 4.58. The maximum absolute atomic E-state index is 12.1. The lowest BCUT2D eigenvalue weighted by molar-refractivity contribution is 0.107. The fourth-order valence-electron chi connectivity index (χ4n) is 2.07. The lowest BCUT2D eigenvalue weighted by Gasteiger charge is -2.09. The third-order valence-electron chi connectivity index (χ3n) is 3.33. The minimum atomic E-state index is -0.0149. The summed E-state index contributed by atoms with van der Waals surface area (Å²) in [5, 5.41) is 0. The van der Waals surface area contributed by atoms with Crippen molar-refractivity contribution in [3.63, 3.8) is 0 Å². The minimum absolute atomic E-state index is 0.0149. The van der Waals surface area contributed by atoms with Gasteiger partial charge < -0.3 is 10.5 Å². The van der Waals surface area contributed by atoms with E-state index in [0.717, 1.165) is 17.5 Å². The van der Waals surface area contributed by atoms with Gasteiger partial charge in [-0.15, -0.1) is 0 Å². The van der Waals surface area contributed by atoms with Crippen LogP contribution in [-0.4, -0.2) is 22.3 Å². The highest BCUT2D eigenvalue weighted by Crippen LogP contribution is 2.16. The van der Waals surface area contributed by atoms with Gasteiger partial charge in [-0.25, -0.2) is 4.79 Å². The summed E-state index contributed by atoms with van der Waals surface area (Å²) in [4.78, 5) is 12.1. The molecule has 0 amide bonds. The molecule has 0 saturated carbocycles. The van der Waals surface area contributed by atoms with Crippen molar-refractivity contribution in [3.05, 3.63) is 28.7 Å². The first kappa shape index (κ1) is 12.7. The Hall–Kier alpha value is -1.75. The number of nitrogens with two attached hydrogens (primary N) is 1. The molecule has 0 unspecified atom stereocenters. The third kappa shape index (κ3) is 2.13. The van der Waals surface area contributed by atoms with E-state index in [2.05, 4.69) is 0 Å². The largest absolute Gasteiger partial charge is 0.399 e. The van der Waals surface area contributed by atoms with Crippen LogP contribution in [-0.2, 0) is 18.3 Å². The van der Waals surface area contributed by atoms with Crippen molar-refractivity contribution in [1.82, 2.24) is 9.13 Å². The second kappa shape index (κ2) is 4.86. The number of aromatic nitrogens is 2. The molecule has 0 spiro atoms. The highest BCUT2D eigenvalue weighted by molar-refractivity contribution is 5.79. The standard InChI is InChI=1S/C13H19N3O2/c1-9(18-3)6-7-16-12-8-10(14)4-5-11(12)15(2)13(16)17/h4-5,8-9H,6-7,14H2,1-3H3/t9-/m1/s1. The van der Waals surface area contributed by atoms with E-state index >= 15 is 0 Å². The van der Waals surface area contributed by atoms with Crippen LogP contribution in [0.4, 0.5) is 5.69 Å². The summed E-state index contributed by atoms with van der Waals surface area (Å²) in [5.74, 6) is 0. The summed E-state index contributed by atoms with van der Waals surface area (Å²) in [6.07, 6.45) is 0.929. The maximum Gasteiger partial charge on any atom is 0.328 e. The Morgan fingerprint density at radius 1 is 1.39 bits per heavy atom. The third-order valence-corrected chi connectivity index (χ3v) is 3.33. The van der Waals surface area contributed by atoms with Crippen LogP contribution in [0, 0.1) is 0 Å². The van der Waals surface area contributed by atoms with Crippen LogP contribution < -0.4 is 11.4 Å². The Morgan fingerprint density at radius 3 is 2.78 bits per heavy atom. The molecule has 1 atom stereocenters. The molecular weight excluding hydrogens is 230 g/mol. The zero-order chi connectivity index (χ0) is 13.3. The minimum Gasteiger partial charge on any atom is -0.399 e. The van der Waals surface area contributed by atoms with Gasteiger partial charge in [0.05, 0.1) is 17.1 Å². The van der Waals surface area contributed by atoms with Gasteiger partial charge in [-0.1, -0.05) is 0 Å². The number of hydrogen-bond donors (Lipinski definition) is 1. The highest BCUT2D eigenvalue weighted by atomic mass is 16.5. The number of anilines is 1. The fourth-order valence-corrected chi connectivity index (χ4v) is 2.07. The average Bonchev–Trinajstić information content (AvgIpc) is 2.59. The molecule has 1 aromatic heterocycles. The zero-order valence-electron chi connectivity index (χ0n) is 11.0. The molecule has 18 heavy (non-hydrogen) atoms. The van der Waals surface area contributed by atoms with E-state index in [-0.39, 0.29) is 11.8 Å². The van der Waals surface area contributed by atoms with Crippen molar-refractivity contribution in [2.24, 2.45) is 7.05 Å². The van der Waals surface area contributed by atoms with Gasteiger partial charge >= 0.3 is 5.69 Å². The maximum atomic E-state index is 12.1. The van der Waals surface area contributed by atoms with E-state index in [1.807, 2.05) is 25.1 Å². The summed E-state index contributed by atoms with van der Waals surface area (Å²) in [6.45, 7) is 2.62. The number of nitrogen functional groups attached to an aromatic ring is 1. The first-order valence-electron chi connectivity index (χ1n) is 6.02. The van der Waals surface area contributed by atoms with Crippen molar-refractivity contribution in [3.8, 4) is 0 Å². The Bertz CT molecular complexity index is 612. The molecule has 5 nitrogen and oxygen atoms in total. The van der Waals surface area contributed by atoms with Crippen LogP contribution in [0.25, 0.3) is 11.0 Å². The van der Waals surface area contributed by atoms with Crippen molar-refractivity contribution in [2.75, 3.05) is 12.8 Å².